The highest BCUT2D eigenvalue weighted by Gasteiger charge is 2.31. The molecule has 0 saturated carbocycles. The summed E-state index contributed by atoms with van der Waals surface area (Å²) in [5.74, 6) is 1.82. The van der Waals surface area contributed by atoms with E-state index in [9.17, 15) is 5.11 Å². The van der Waals surface area contributed by atoms with Gasteiger partial charge in [0.05, 0.1) is 32.0 Å². The van der Waals surface area contributed by atoms with Gasteiger partial charge >= 0.3 is 0 Å². The van der Waals surface area contributed by atoms with E-state index in [0.717, 1.165) is 11.3 Å². The van der Waals surface area contributed by atoms with E-state index < -0.39 is 0 Å². The standard InChI is InChI=1S/C18H21N3O3S/c1-10(2)21-8-13(22)16(17(21)19)18-20-12(9-25-18)11-5-6-14(23-3)15(7-11)24-4/h5-7,9-10,19,22H,8H2,1-4H3. The number of benzene rings is 1. The van der Waals surface area contributed by atoms with Gasteiger partial charge in [0, 0.05) is 17.0 Å². The van der Waals surface area contributed by atoms with Crippen molar-refractivity contribution < 1.29 is 14.6 Å². The van der Waals surface area contributed by atoms with Crippen LogP contribution in [-0.2, 0) is 0 Å². The maximum absolute atomic E-state index is 10.3. The van der Waals surface area contributed by atoms with Crippen LogP contribution in [0.4, 0.5) is 0 Å². The molecule has 1 aliphatic rings. The van der Waals surface area contributed by atoms with Gasteiger partial charge in [-0.2, -0.15) is 0 Å². The number of aliphatic hydroxyl groups is 1. The van der Waals surface area contributed by atoms with Gasteiger partial charge < -0.3 is 19.5 Å². The Bertz CT molecular complexity index is 842. The van der Waals surface area contributed by atoms with Gasteiger partial charge in [0.25, 0.3) is 0 Å². The van der Waals surface area contributed by atoms with Gasteiger partial charge in [-0.3, -0.25) is 5.41 Å². The molecule has 0 saturated heterocycles. The summed E-state index contributed by atoms with van der Waals surface area (Å²) in [6.07, 6.45) is 0. The predicted octanol–water partition coefficient (Wildman–Crippen LogP) is 3.80. The van der Waals surface area contributed by atoms with Crippen LogP contribution in [0.2, 0.25) is 0 Å². The number of aromatic nitrogens is 1. The largest absolute Gasteiger partial charge is 0.510 e. The Labute approximate surface area is 150 Å². The number of amidine groups is 1. The first-order valence-corrected chi connectivity index (χ1v) is 8.80. The smallest absolute Gasteiger partial charge is 0.161 e. The average molecular weight is 359 g/mol. The number of hydrogen-bond acceptors (Lipinski definition) is 6. The Morgan fingerprint density at radius 3 is 2.56 bits per heavy atom. The Kier molecular flexibility index (Phi) is 4.67. The topological polar surface area (TPSA) is 78.7 Å². The highest BCUT2D eigenvalue weighted by atomic mass is 32.1. The van der Waals surface area contributed by atoms with E-state index in [1.165, 1.54) is 11.3 Å². The monoisotopic (exact) mass is 359 g/mol. The van der Waals surface area contributed by atoms with E-state index in [2.05, 4.69) is 4.98 Å². The lowest BCUT2D eigenvalue weighted by Gasteiger charge is -2.22. The van der Waals surface area contributed by atoms with Crippen molar-refractivity contribution in [2.24, 2.45) is 0 Å². The van der Waals surface area contributed by atoms with E-state index in [4.69, 9.17) is 14.9 Å². The van der Waals surface area contributed by atoms with E-state index in [-0.39, 0.29) is 11.8 Å². The summed E-state index contributed by atoms with van der Waals surface area (Å²) in [4.78, 5) is 6.47. The van der Waals surface area contributed by atoms with E-state index in [0.29, 0.717) is 34.5 Å². The zero-order valence-electron chi connectivity index (χ0n) is 14.7. The van der Waals surface area contributed by atoms with Gasteiger partial charge in [-0.1, -0.05) is 0 Å². The molecule has 0 aliphatic carbocycles. The zero-order chi connectivity index (χ0) is 18.1. The molecule has 0 radical (unpaired) electrons. The lowest BCUT2D eigenvalue weighted by atomic mass is 10.1. The minimum Gasteiger partial charge on any atom is -0.510 e. The van der Waals surface area contributed by atoms with Crippen molar-refractivity contribution in [2.75, 3.05) is 20.8 Å². The molecule has 0 spiro atoms. The van der Waals surface area contributed by atoms with Crippen LogP contribution < -0.4 is 9.47 Å². The quantitative estimate of drug-likeness (QED) is 0.849. The van der Waals surface area contributed by atoms with E-state index in [1.54, 1.807) is 14.2 Å². The fourth-order valence-electron chi connectivity index (χ4n) is 2.78. The molecular weight excluding hydrogens is 338 g/mol. The van der Waals surface area contributed by atoms with Crippen LogP contribution in [0.5, 0.6) is 11.5 Å². The van der Waals surface area contributed by atoms with Crippen LogP contribution in [0, 0.1) is 5.41 Å². The van der Waals surface area contributed by atoms with Crippen molar-refractivity contribution in [3.63, 3.8) is 0 Å². The molecule has 0 fully saturated rings. The van der Waals surface area contributed by atoms with Crippen LogP contribution in [0.1, 0.15) is 18.9 Å². The molecule has 0 amide bonds. The molecule has 1 aromatic heterocycles. The van der Waals surface area contributed by atoms with Crippen molar-refractivity contribution in [3.05, 3.63) is 34.3 Å². The number of nitrogens with one attached hydrogen (secondary N) is 1. The maximum Gasteiger partial charge on any atom is 0.161 e. The third kappa shape index (κ3) is 3.07. The van der Waals surface area contributed by atoms with Crippen molar-refractivity contribution in [1.29, 1.82) is 5.41 Å². The van der Waals surface area contributed by atoms with Crippen LogP contribution in [0.3, 0.4) is 0 Å². The first-order valence-electron chi connectivity index (χ1n) is 7.92. The van der Waals surface area contributed by atoms with Gasteiger partial charge in [-0.05, 0) is 32.0 Å². The summed E-state index contributed by atoms with van der Waals surface area (Å²) in [6, 6.07) is 5.76. The second kappa shape index (κ2) is 6.76. The molecule has 0 bridgehead atoms. The third-order valence-corrected chi connectivity index (χ3v) is 5.01. The number of aliphatic hydroxyl groups excluding tert-OH is 1. The SMILES string of the molecule is COc1ccc(-c2csc(C3=C(O)CN(C(C)C)C3=N)n2)cc1OC. The molecule has 1 aliphatic heterocycles. The second-order valence-electron chi connectivity index (χ2n) is 6.00. The lowest BCUT2D eigenvalue weighted by Crippen LogP contribution is -2.33. The van der Waals surface area contributed by atoms with Crippen LogP contribution in [0.25, 0.3) is 16.8 Å². The average Bonchev–Trinajstić information content (AvgIpc) is 3.18. The highest BCUT2D eigenvalue weighted by molar-refractivity contribution is 7.11. The van der Waals surface area contributed by atoms with E-state index in [1.807, 2.05) is 42.3 Å². The number of methoxy groups -OCH3 is 2. The first kappa shape index (κ1) is 17.3. The number of hydrogen-bond donors (Lipinski definition) is 2. The molecule has 7 heteroatoms. The van der Waals surface area contributed by atoms with Crippen LogP contribution in [-0.4, -0.2) is 47.6 Å². The number of ether oxygens (including phenoxy) is 2. The minimum atomic E-state index is 0.150. The summed E-state index contributed by atoms with van der Waals surface area (Å²) < 4.78 is 10.6. The third-order valence-electron chi connectivity index (χ3n) is 4.15. The molecule has 0 atom stereocenters. The first-order chi connectivity index (χ1) is 12.0. The fourth-order valence-corrected chi connectivity index (χ4v) is 3.68. The molecule has 132 valence electrons. The van der Waals surface area contributed by atoms with Gasteiger partial charge in [-0.25, -0.2) is 4.98 Å². The minimum absolute atomic E-state index is 0.150. The Balaban J connectivity index is 1.94. The van der Waals surface area contributed by atoms with Crippen molar-refractivity contribution in [3.8, 4) is 22.8 Å². The lowest BCUT2D eigenvalue weighted by molar-refractivity contribution is 0.318. The summed E-state index contributed by atoms with van der Waals surface area (Å²) in [7, 11) is 3.19. The molecule has 2 N–H and O–H groups in total. The van der Waals surface area contributed by atoms with Crippen LogP contribution in [0.15, 0.2) is 29.3 Å². The number of rotatable bonds is 5. The second-order valence-corrected chi connectivity index (χ2v) is 6.86. The molecular formula is C18H21N3O3S. The number of thiazole rings is 1. The van der Waals surface area contributed by atoms with Gasteiger partial charge in [0.2, 0.25) is 0 Å². The Morgan fingerprint density at radius 1 is 1.24 bits per heavy atom. The summed E-state index contributed by atoms with van der Waals surface area (Å²) in [5, 5.41) is 21.2. The Morgan fingerprint density at radius 2 is 1.96 bits per heavy atom. The van der Waals surface area contributed by atoms with Gasteiger partial charge in [0.15, 0.2) is 11.5 Å². The molecule has 6 nitrogen and oxygen atoms in total. The summed E-state index contributed by atoms with van der Waals surface area (Å²) in [6.45, 7) is 4.36. The summed E-state index contributed by atoms with van der Waals surface area (Å²) in [5.41, 5.74) is 2.19. The molecule has 25 heavy (non-hydrogen) atoms. The van der Waals surface area contributed by atoms with Crippen molar-refractivity contribution in [2.45, 2.75) is 19.9 Å². The van der Waals surface area contributed by atoms with Gasteiger partial charge in [-0.15, -0.1) is 11.3 Å². The van der Waals surface area contributed by atoms with Gasteiger partial charge in [0.1, 0.15) is 16.6 Å². The molecule has 0 unspecified atom stereocenters. The van der Waals surface area contributed by atoms with Crippen molar-refractivity contribution in [1.82, 2.24) is 9.88 Å². The van der Waals surface area contributed by atoms with E-state index >= 15 is 0 Å². The molecule has 1 aromatic carbocycles. The highest BCUT2D eigenvalue weighted by Crippen LogP contribution is 2.35. The van der Waals surface area contributed by atoms with Crippen molar-refractivity contribution >= 4 is 22.7 Å². The summed E-state index contributed by atoms with van der Waals surface area (Å²) >= 11 is 1.42. The van der Waals surface area contributed by atoms with Crippen LogP contribution >= 0.6 is 11.3 Å². The normalized spacial score (nSPS) is 14.6. The molecule has 3 rings (SSSR count). The molecule has 2 heterocycles. The molecule has 2 aromatic rings. The predicted molar refractivity (Wildman–Crippen MR) is 99.8 cm³/mol. The maximum atomic E-state index is 10.3. The zero-order valence-corrected chi connectivity index (χ0v) is 15.5. The number of nitrogens with zero attached hydrogens (tertiary/aromatic N) is 2. The Hall–Kier alpha value is -2.54. The fraction of sp³-hybridized carbons (Fsp3) is 0.333.